The van der Waals surface area contributed by atoms with Crippen LogP contribution < -0.4 is 10.1 Å². The molecule has 2 N–H and O–H groups in total. The molecule has 2 aromatic rings. The van der Waals surface area contributed by atoms with Gasteiger partial charge in [0.05, 0.1) is 13.7 Å². The molecule has 158 valence electrons. The van der Waals surface area contributed by atoms with Crippen LogP contribution in [0.1, 0.15) is 63.5 Å². The molecule has 0 saturated carbocycles. The van der Waals surface area contributed by atoms with E-state index in [1.165, 1.54) is 19.3 Å². The first kappa shape index (κ1) is 21.4. The van der Waals surface area contributed by atoms with Crippen LogP contribution in [0.25, 0.3) is 11.3 Å². The van der Waals surface area contributed by atoms with Gasteiger partial charge in [-0.15, -0.1) is 10.2 Å². The molecule has 0 amide bonds. The summed E-state index contributed by atoms with van der Waals surface area (Å²) in [6, 6.07) is 6.01. The molecule has 0 saturated heterocycles. The van der Waals surface area contributed by atoms with Gasteiger partial charge in [-0.3, -0.25) is 0 Å². The highest BCUT2D eigenvalue weighted by Crippen LogP contribution is 2.38. The zero-order valence-electron chi connectivity index (χ0n) is 17.8. The Labute approximate surface area is 173 Å². The molecule has 0 radical (unpaired) electrons. The largest absolute Gasteiger partial charge is 0.507 e. The van der Waals surface area contributed by atoms with Crippen LogP contribution in [-0.2, 0) is 17.8 Å². The molecule has 29 heavy (non-hydrogen) atoms. The predicted molar refractivity (Wildman–Crippen MR) is 116 cm³/mol. The first-order chi connectivity index (χ1) is 14.2. The number of aromatic nitrogens is 2. The zero-order chi connectivity index (χ0) is 20.6. The number of hydrogen-bond acceptors (Lipinski definition) is 6. The van der Waals surface area contributed by atoms with Crippen LogP contribution in [0, 0.1) is 0 Å². The average Bonchev–Trinajstić information content (AvgIpc) is 2.81. The van der Waals surface area contributed by atoms with Gasteiger partial charge in [0.2, 0.25) is 0 Å². The molecule has 0 bridgehead atoms. The van der Waals surface area contributed by atoms with E-state index in [1.54, 1.807) is 13.2 Å². The van der Waals surface area contributed by atoms with Crippen LogP contribution in [0.4, 0.5) is 5.82 Å². The maximum Gasteiger partial charge on any atom is 0.149 e. The van der Waals surface area contributed by atoms with Crippen molar-refractivity contribution in [3.63, 3.8) is 0 Å². The number of rotatable bonds is 8. The maximum absolute atomic E-state index is 10.7. The number of phenols is 1. The van der Waals surface area contributed by atoms with Gasteiger partial charge in [0.15, 0.2) is 0 Å². The number of phenolic OH excluding ortho intramolecular Hbond substituents is 1. The van der Waals surface area contributed by atoms with Gasteiger partial charge in [-0.05, 0) is 48.9 Å². The Morgan fingerprint density at radius 1 is 1.17 bits per heavy atom. The molecule has 1 aromatic carbocycles. The van der Waals surface area contributed by atoms with E-state index in [0.29, 0.717) is 30.6 Å². The second kappa shape index (κ2) is 10.4. The predicted octanol–water partition coefficient (Wildman–Crippen LogP) is 5.09. The van der Waals surface area contributed by atoms with Crippen molar-refractivity contribution in [2.45, 2.75) is 71.4 Å². The van der Waals surface area contributed by atoms with Crippen LogP contribution in [0.15, 0.2) is 18.2 Å². The van der Waals surface area contributed by atoms with Crippen molar-refractivity contribution in [2.75, 3.05) is 19.0 Å². The molecular weight excluding hydrogens is 366 g/mol. The lowest BCUT2D eigenvalue weighted by Gasteiger charge is -2.19. The van der Waals surface area contributed by atoms with Crippen LogP contribution >= 0.6 is 0 Å². The Morgan fingerprint density at radius 2 is 2.03 bits per heavy atom. The van der Waals surface area contributed by atoms with Gasteiger partial charge in [0.25, 0.3) is 0 Å². The third kappa shape index (κ3) is 5.38. The Bertz CT molecular complexity index is 810. The topological polar surface area (TPSA) is 76.5 Å². The zero-order valence-corrected chi connectivity index (χ0v) is 17.8. The highest BCUT2D eigenvalue weighted by Gasteiger charge is 2.21. The summed E-state index contributed by atoms with van der Waals surface area (Å²) in [5, 5.41) is 23.2. The highest BCUT2D eigenvalue weighted by molar-refractivity contribution is 5.75. The quantitative estimate of drug-likeness (QED) is 0.602. The minimum Gasteiger partial charge on any atom is -0.507 e. The van der Waals surface area contributed by atoms with Crippen molar-refractivity contribution >= 4 is 5.82 Å². The summed E-state index contributed by atoms with van der Waals surface area (Å²) >= 11 is 0. The monoisotopic (exact) mass is 399 g/mol. The van der Waals surface area contributed by atoms with E-state index >= 15 is 0 Å². The van der Waals surface area contributed by atoms with E-state index in [4.69, 9.17) is 9.47 Å². The Morgan fingerprint density at radius 3 is 2.79 bits per heavy atom. The molecule has 0 unspecified atom stereocenters. The fraction of sp³-hybridized carbons (Fsp3) is 0.565. The van der Waals surface area contributed by atoms with E-state index in [1.807, 2.05) is 6.07 Å². The fourth-order valence-corrected chi connectivity index (χ4v) is 3.84. The second-order valence-electron chi connectivity index (χ2n) is 7.69. The van der Waals surface area contributed by atoms with E-state index in [0.717, 1.165) is 48.3 Å². The summed E-state index contributed by atoms with van der Waals surface area (Å²) in [5.74, 6) is 1.56. The Hall–Kier alpha value is -2.34. The SMILES string of the molecule is CCCCC[C@H](CC)Nc1cc2c(nn1)-c1c(O)cc(OC)cc1COCCC2. The lowest BCUT2D eigenvalue weighted by atomic mass is 9.97. The van der Waals surface area contributed by atoms with E-state index in [-0.39, 0.29) is 5.75 Å². The molecule has 6 nitrogen and oxygen atoms in total. The number of ether oxygens (including phenoxy) is 2. The highest BCUT2D eigenvalue weighted by atomic mass is 16.5. The van der Waals surface area contributed by atoms with Crippen molar-refractivity contribution < 1.29 is 14.6 Å². The molecule has 1 aliphatic heterocycles. The van der Waals surface area contributed by atoms with Gasteiger partial charge in [-0.1, -0.05) is 33.1 Å². The van der Waals surface area contributed by atoms with Crippen LogP contribution in [0.5, 0.6) is 11.5 Å². The summed E-state index contributed by atoms with van der Waals surface area (Å²) in [6.07, 6.45) is 7.63. The van der Waals surface area contributed by atoms with Crippen LogP contribution in [0.2, 0.25) is 0 Å². The third-order valence-corrected chi connectivity index (χ3v) is 5.51. The van der Waals surface area contributed by atoms with Crippen LogP contribution in [-0.4, -0.2) is 35.1 Å². The van der Waals surface area contributed by atoms with Crippen molar-refractivity contribution in [1.29, 1.82) is 0 Å². The maximum atomic E-state index is 10.7. The van der Waals surface area contributed by atoms with Crippen molar-refractivity contribution in [3.8, 4) is 22.8 Å². The first-order valence-corrected chi connectivity index (χ1v) is 10.8. The average molecular weight is 400 g/mol. The van der Waals surface area contributed by atoms with Gasteiger partial charge in [-0.25, -0.2) is 0 Å². The summed E-state index contributed by atoms with van der Waals surface area (Å²) in [7, 11) is 1.59. The molecule has 1 aliphatic rings. The molecule has 0 spiro atoms. The summed E-state index contributed by atoms with van der Waals surface area (Å²) < 4.78 is 11.1. The minimum atomic E-state index is 0.145. The lowest BCUT2D eigenvalue weighted by molar-refractivity contribution is 0.119. The minimum absolute atomic E-state index is 0.145. The molecule has 0 fully saturated rings. The normalized spacial score (nSPS) is 14.7. The van der Waals surface area contributed by atoms with Gasteiger partial charge < -0.3 is 19.9 Å². The number of unbranched alkanes of at least 4 members (excludes halogenated alkanes) is 2. The van der Waals surface area contributed by atoms with Gasteiger partial charge in [0, 0.05) is 24.3 Å². The van der Waals surface area contributed by atoms with E-state index < -0.39 is 0 Å². The number of benzene rings is 1. The van der Waals surface area contributed by atoms with Crippen molar-refractivity contribution in [1.82, 2.24) is 10.2 Å². The number of hydrogen-bond donors (Lipinski definition) is 2. The van der Waals surface area contributed by atoms with Gasteiger partial charge >= 0.3 is 0 Å². The Kier molecular flexibility index (Phi) is 7.69. The second-order valence-corrected chi connectivity index (χ2v) is 7.69. The van der Waals surface area contributed by atoms with E-state index in [2.05, 4.69) is 35.4 Å². The molecular formula is C23H33N3O3. The number of aryl methyl sites for hydroxylation is 1. The smallest absolute Gasteiger partial charge is 0.149 e. The molecule has 1 aromatic heterocycles. The molecule has 1 atom stereocenters. The third-order valence-electron chi connectivity index (χ3n) is 5.51. The number of nitrogens with zero attached hydrogens (tertiary/aromatic N) is 2. The number of nitrogens with one attached hydrogen (secondary N) is 1. The van der Waals surface area contributed by atoms with Gasteiger partial charge in [-0.2, -0.15) is 0 Å². The van der Waals surface area contributed by atoms with Crippen molar-refractivity contribution in [2.24, 2.45) is 0 Å². The lowest BCUT2D eigenvalue weighted by Crippen LogP contribution is -2.19. The number of methoxy groups -OCH3 is 1. The number of aromatic hydroxyl groups is 1. The summed E-state index contributed by atoms with van der Waals surface area (Å²) in [6.45, 7) is 5.50. The van der Waals surface area contributed by atoms with E-state index in [9.17, 15) is 5.11 Å². The molecule has 6 heteroatoms. The molecule has 3 rings (SSSR count). The van der Waals surface area contributed by atoms with Gasteiger partial charge in [0.1, 0.15) is 23.0 Å². The first-order valence-electron chi connectivity index (χ1n) is 10.8. The van der Waals surface area contributed by atoms with Crippen LogP contribution in [0.3, 0.4) is 0 Å². The number of anilines is 1. The number of fused-ring (bicyclic) bond motifs is 3. The molecule has 0 aliphatic carbocycles. The Balaban J connectivity index is 1.92. The standard InChI is InChI=1S/C23H33N3O3/c1-4-6-7-10-18(5-2)24-21-13-16-9-8-11-29-15-17-12-19(28-3)14-20(27)22(17)23(16)26-25-21/h12-14,18,27H,4-11,15H2,1-3H3,(H,24,25)/t18-/m0/s1. The summed E-state index contributed by atoms with van der Waals surface area (Å²) in [5.41, 5.74) is 3.37. The van der Waals surface area contributed by atoms with Crippen molar-refractivity contribution in [3.05, 3.63) is 29.3 Å². The fourth-order valence-electron chi connectivity index (χ4n) is 3.84. The molecule has 2 heterocycles. The summed E-state index contributed by atoms with van der Waals surface area (Å²) in [4.78, 5) is 0.